The quantitative estimate of drug-likeness (QED) is 0.154. The van der Waals surface area contributed by atoms with Gasteiger partial charge in [0.15, 0.2) is 0 Å². The molecule has 0 fully saturated rings. The van der Waals surface area contributed by atoms with Gasteiger partial charge in [0.1, 0.15) is 0 Å². The molecule has 0 aliphatic heterocycles. The molecule has 0 spiro atoms. The first-order valence-electron chi connectivity index (χ1n) is 9.75. The smallest absolute Gasteiger partial charge is 0.0701 e. The summed E-state index contributed by atoms with van der Waals surface area (Å²) in [5, 5.41) is 8.52. The van der Waals surface area contributed by atoms with Crippen molar-refractivity contribution >= 4 is 12.6 Å². The molecule has 0 heterocycles. The first-order valence-corrected chi connectivity index (χ1v) is 10.4. The molecule has 0 radical (unpaired) electrons. The van der Waals surface area contributed by atoms with E-state index in [0.29, 0.717) is 106 Å². The highest BCUT2D eigenvalue weighted by Crippen LogP contribution is 1.86. The number of aliphatic hydroxyl groups excluding tert-OH is 1. The summed E-state index contributed by atoms with van der Waals surface area (Å²) in [6.45, 7) is 8.46. The van der Waals surface area contributed by atoms with Gasteiger partial charge in [-0.3, -0.25) is 0 Å². The maximum atomic E-state index is 8.52. The number of rotatable bonds is 25. The predicted molar refractivity (Wildman–Crippen MR) is 107 cm³/mol. The van der Waals surface area contributed by atoms with Gasteiger partial charge in [-0.15, -0.1) is 0 Å². The lowest BCUT2D eigenvalue weighted by Crippen LogP contribution is -2.15. The van der Waals surface area contributed by atoms with E-state index in [1.165, 1.54) is 0 Å². The molecule has 0 rings (SSSR count). The third-order valence-electron chi connectivity index (χ3n) is 3.08. The van der Waals surface area contributed by atoms with Crippen molar-refractivity contribution in [2.45, 2.75) is 0 Å². The monoisotopic (exact) mass is 430 g/mol. The fourth-order valence-corrected chi connectivity index (χ4v) is 1.90. The molecule has 28 heavy (non-hydrogen) atoms. The van der Waals surface area contributed by atoms with Crippen molar-refractivity contribution in [3.8, 4) is 0 Å². The Morgan fingerprint density at radius 2 is 0.571 bits per heavy atom. The molecule has 0 aromatic heterocycles. The summed E-state index contributed by atoms with van der Waals surface area (Å²) in [6, 6.07) is 0. The minimum atomic E-state index is 0.0332. The normalized spacial score (nSPS) is 11.4. The van der Waals surface area contributed by atoms with Gasteiger partial charge in [-0.2, -0.15) is 12.6 Å². The van der Waals surface area contributed by atoms with Crippen LogP contribution < -0.4 is 0 Å². The Balaban J connectivity index is 2.96. The molecule has 0 unspecified atom stereocenters. The molecule has 0 amide bonds. The standard InChI is InChI=1S/C18H38O9S/c19-1-2-20-3-4-21-5-6-22-7-8-23-9-10-24-11-12-25-13-14-26-15-16-27-17-18-28/h19,28H,1-18H2. The van der Waals surface area contributed by atoms with E-state index in [1.807, 2.05) is 0 Å². The Bertz CT molecular complexity index is 249. The Morgan fingerprint density at radius 1 is 0.357 bits per heavy atom. The lowest BCUT2D eigenvalue weighted by atomic mass is 10.6. The van der Waals surface area contributed by atoms with E-state index in [2.05, 4.69) is 12.6 Å². The largest absolute Gasteiger partial charge is 0.394 e. The minimum Gasteiger partial charge on any atom is -0.394 e. The summed E-state index contributed by atoms with van der Waals surface area (Å²) in [5.74, 6) is 0.724. The van der Waals surface area contributed by atoms with Gasteiger partial charge in [-0.25, -0.2) is 0 Å². The van der Waals surface area contributed by atoms with Crippen LogP contribution in [-0.4, -0.2) is 123 Å². The van der Waals surface area contributed by atoms with Gasteiger partial charge in [-0.05, 0) is 0 Å². The number of aliphatic hydroxyl groups is 1. The summed E-state index contributed by atoms with van der Waals surface area (Å²) < 4.78 is 42.5. The highest BCUT2D eigenvalue weighted by atomic mass is 32.1. The lowest BCUT2D eigenvalue weighted by molar-refractivity contribution is -0.0235. The zero-order chi connectivity index (χ0) is 20.4. The van der Waals surface area contributed by atoms with Crippen molar-refractivity contribution in [3.05, 3.63) is 0 Å². The minimum absolute atomic E-state index is 0.0332. The molecule has 0 saturated carbocycles. The van der Waals surface area contributed by atoms with Crippen LogP contribution in [0.1, 0.15) is 0 Å². The van der Waals surface area contributed by atoms with E-state index in [9.17, 15) is 0 Å². The highest BCUT2D eigenvalue weighted by Gasteiger charge is 1.94. The van der Waals surface area contributed by atoms with Crippen molar-refractivity contribution < 1.29 is 43.0 Å². The molecule has 0 aliphatic rings. The zero-order valence-corrected chi connectivity index (χ0v) is 17.8. The Morgan fingerprint density at radius 3 is 0.786 bits per heavy atom. The second-order valence-corrected chi connectivity index (χ2v) is 5.79. The van der Waals surface area contributed by atoms with E-state index < -0.39 is 0 Å². The Hall–Kier alpha value is -0.0100. The summed E-state index contributed by atoms with van der Waals surface area (Å²) in [7, 11) is 0. The third kappa shape index (κ3) is 26.0. The summed E-state index contributed by atoms with van der Waals surface area (Å²) in [4.78, 5) is 0. The molecule has 0 bridgehead atoms. The first-order chi connectivity index (χ1) is 13.9. The highest BCUT2D eigenvalue weighted by molar-refractivity contribution is 7.80. The topological polar surface area (TPSA) is 94.1 Å². The van der Waals surface area contributed by atoms with Gasteiger partial charge in [0.2, 0.25) is 0 Å². The summed E-state index contributed by atoms with van der Waals surface area (Å²) >= 11 is 4.05. The lowest BCUT2D eigenvalue weighted by Gasteiger charge is -2.08. The molecule has 10 heteroatoms. The SMILES string of the molecule is OCCOCCOCCOCCOCCOCCOCCOCCOCCS. The molecule has 0 aromatic rings. The van der Waals surface area contributed by atoms with Crippen LogP contribution in [-0.2, 0) is 37.9 Å². The predicted octanol–water partition coefficient (Wildman–Crippen LogP) is 0.0413. The van der Waals surface area contributed by atoms with Crippen LogP contribution in [0.5, 0.6) is 0 Å². The molecular formula is C18H38O9S. The van der Waals surface area contributed by atoms with E-state index in [0.717, 1.165) is 5.75 Å². The van der Waals surface area contributed by atoms with Crippen LogP contribution in [0.4, 0.5) is 0 Å². The van der Waals surface area contributed by atoms with Crippen molar-refractivity contribution in [2.24, 2.45) is 0 Å². The molecule has 1 N–H and O–H groups in total. The van der Waals surface area contributed by atoms with Gasteiger partial charge in [-0.1, -0.05) is 0 Å². The van der Waals surface area contributed by atoms with E-state index in [-0.39, 0.29) is 6.61 Å². The van der Waals surface area contributed by atoms with E-state index in [1.54, 1.807) is 0 Å². The third-order valence-corrected chi connectivity index (χ3v) is 3.26. The summed E-state index contributed by atoms with van der Waals surface area (Å²) in [6.07, 6.45) is 0. The molecule has 0 aliphatic carbocycles. The van der Waals surface area contributed by atoms with Crippen LogP contribution in [0.25, 0.3) is 0 Å². The number of thiol groups is 1. The Labute approximate surface area is 174 Å². The molecular weight excluding hydrogens is 392 g/mol. The first kappa shape index (κ1) is 28.0. The average molecular weight is 431 g/mol. The fraction of sp³-hybridized carbons (Fsp3) is 1.00. The number of hydrogen-bond acceptors (Lipinski definition) is 10. The van der Waals surface area contributed by atoms with Crippen LogP contribution in [0.15, 0.2) is 0 Å². The van der Waals surface area contributed by atoms with Crippen molar-refractivity contribution in [3.63, 3.8) is 0 Å². The fourth-order valence-electron chi connectivity index (χ4n) is 1.77. The van der Waals surface area contributed by atoms with Crippen molar-refractivity contribution in [1.82, 2.24) is 0 Å². The van der Waals surface area contributed by atoms with Crippen LogP contribution in [0.2, 0.25) is 0 Å². The second-order valence-electron chi connectivity index (χ2n) is 5.35. The average Bonchev–Trinajstić information content (AvgIpc) is 2.71. The van der Waals surface area contributed by atoms with Gasteiger partial charge in [0.05, 0.1) is 112 Å². The van der Waals surface area contributed by atoms with Crippen molar-refractivity contribution in [1.29, 1.82) is 0 Å². The van der Waals surface area contributed by atoms with Gasteiger partial charge >= 0.3 is 0 Å². The number of ether oxygens (including phenoxy) is 8. The van der Waals surface area contributed by atoms with Crippen LogP contribution >= 0.6 is 12.6 Å². The maximum Gasteiger partial charge on any atom is 0.0701 e. The zero-order valence-electron chi connectivity index (χ0n) is 16.9. The van der Waals surface area contributed by atoms with Gasteiger partial charge in [0, 0.05) is 5.75 Å². The van der Waals surface area contributed by atoms with Crippen molar-refractivity contribution in [2.75, 3.05) is 118 Å². The molecule has 170 valence electrons. The van der Waals surface area contributed by atoms with Crippen LogP contribution in [0.3, 0.4) is 0 Å². The van der Waals surface area contributed by atoms with E-state index in [4.69, 9.17) is 43.0 Å². The molecule has 9 nitrogen and oxygen atoms in total. The van der Waals surface area contributed by atoms with Gasteiger partial charge in [0.25, 0.3) is 0 Å². The molecule has 0 atom stereocenters. The van der Waals surface area contributed by atoms with E-state index >= 15 is 0 Å². The van der Waals surface area contributed by atoms with Gasteiger partial charge < -0.3 is 43.0 Å². The number of hydrogen-bond donors (Lipinski definition) is 2. The maximum absolute atomic E-state index is 8.52. The Kier molecular flexibility index (Phi) is 27.0. The molecule has 0 saturated heterocycles. The second kappa shape index (κ2) is 27.0. The summed E-state index contributed by atoms with van der Waals surface area (Å²) in [5.41, 5.74) is 0. The van der Waals surface area contributed by atoms with Crippen LogP contribution in [0, 0.1) is 0 Å². The molecule has 0 aromatic carbocycles.